The summed E-state index contributed by atoms with van der Waals surface area (Å²) in [5.41, 5.74) is 1.27. The van der Waals surface area contributed by atoms with Crippen molar-refractivity contribution >= 4 is 27.5 Å². The van der Waals surface area contributed by atoms with Crippen LogP contribution in [0, 0.1) is 5.92 Å². The van der Waals surface area contributed by atoms with Gasteiger partial charge >= 0.3 is 0 Å². The lowest BCUT2D eigenvalue weighted by atomic mass is 10.1. The van der Waals surface area contributed by atoms with Crippen LogP contribution in [0.15, 0.2) is 28.7 Å². The fourth-order valence-electron chi connectivity index (χ4n) is 3.37. The summed E-state index contributed by atoms with van der Waals surface area (Å²) in [5, 5.41) is 6.50. The maximum Gasteiger partial charge on any atom is 0.221 e. The molecule has 22 heavy (non-hydrogen) atoms. The molecular formula is C17H24BrN3O. The summed E-state index contributed by atoms with van der Waals surface area (Å²) in [5.74, 6) is 0.755. The van der Waals surface area contributed by atoms with Crippen LogP contribution in [-0.4, -0.2) is 38.1 Å². The summed E-state index contributed by atoms with van der Waals surface area (Å²) in [6, 6.07) is 8.86. The Morgan fingerprint density at radius 3 is 2.86 bits per heavy atom. The third kappa shape index (κ3) is 4.23. The van der Waals surface area contributed by atoms with Gasteiger partial charge in [0.1, 0.15) is 0 Å². The van der Waals surface area contributed by atoms with E-state index in [0.717, 1.165) is 43.5 Å². The van der Waals surface area contributed by atoms with Crippen molar-refractivity contribution in [3.8, 4) is 0 Å². The highest BCUT2D eigenvalue weighted by molar-refractivity contribution is 9.10. The minimum atomic E-state index is 0.196. The maximum atomic E-state index is 12.0. The second-order valence-corrected chi connectivity index (χ2v) is 7.29. The van der Waals surface area contributed by atoms with Gasteiger partial charge in [-0.05, 0) is 56.0 Å². The van der Waals surface area contributed by atoms with Gasteiger partial charge in [-0.25, -0.2) is 0 Å². The highest BCUT2D eigenvalue weighted by Gasteiger charge is 2.24. The molecular weight excluding hydrogens is 342 g/mol. The molecule has 5 heteroatoms. The fraction of sp³-hybridized carbons (Fsp3) is 0.588. The molecule has 1 amide bonds. The number of hydrogen-bond donors (Lipinski definition) is 2. The summed E-state index contributed by atoms with van der Waals surface area (Å²) in [6.45, 7) is 3.97. The fourth-order valence-corrected chi connectivity index (χ4v) is 3.64. The first kappa shape index (κ1) is 15.8. The zero-order valence-corrected chi connectivity index (χ0v) is 14.4. The Morgan fingerprint density at radius 1 is 1.32 bits per heavy atom. The zero-order chi connectivity index (χ0) is 15.4. The topological polar surface area (TPSA) is 44.4 Å². The molecule has 120 valence electrons. The van der Waals surface area contributed by atoms with Crippen LogP contribution < -0.4 is 15.5 Å². The van der Waals surface area contributed by atoms with Crippen molar-refractivity contribution in [2.45, 2.75) is 31.7 Å². The molecule has 4 nitrogen and oxygen atoms in total. The van der Waals surface area contributed by atoms with E-state index < -0.39 is 0 Å². The molecule has 0 saturated carbocycles. The molecule has 2 fully saturated rings. The second-order valence-electron chi connectivity index (χ2n) is 6.38. The van der Waals surface area contributed by atoms with Crippen LogP contribution in [0.3, 0.4) is 0 Å². The Bertz CT molecular complexity index is 499. The average molecular weight is 366 g/mol. The Labute approximate surface area is 140 Å². The van der Waals surface area contributed by atoms with Crippen molar-refractivity contribution in [2.75, 3.05) is 31.1 Å². The van der Waals surface area contributed by atoms with Crippen LogP contribution in [-0.2, 0) is 4.79 Å². The minimum absolute atomic E-state index is 0.196. The Kier molecular flexibility index (Phi) is 5.37. The Hall–Kier alpha value is -1.07. The molecule has 0 spiro atoms. The molecule has 0 aliphatic carbocycles. The SMILES string of the molecule is O=C(CC1CCCN1)NCC1CCN(c2ccc(Br)cc2)C1. The lowest BCUT2D eigenvalue weighted by molar-refractivity contribution is -0.121. The summed E-state index contributed by atoms with van der Waals surface area (Å²) in [4.78, 5) is 14.4. The van der Waals surface area contributed by atoms with E-state index in [1.165, 1.54) is 12.1 Å². The molecule has 2 unspecified atom stereocenters. The summed E-state index contributed by atoms with van der Waals surface area (Å²) >= 11 is 3.47. The van der Waals surface area contributed by atoms with Gasteiger partial charge in [-0.1, -0.05) is 15.9 Å². The standard InChI is InChI=1S/C17H24BrN3O/c18-14-3-5-16(6-4-14)21-9-7-13(12-21)11-20-17(22)10-15-2-1-8-19-15/h3-6,13,15,19H,1-2,7-12H2,(H,20,22). The van der Waals surface area contributed by atoms with Gasteiger partial charge in [0.25, 0.3) is 0 Å². The number of rotatable bonds is 5. The first-order chi connectivity index (χ1) is 10.7. The van der Waals surface area contributed by atoms with Crippen molar-refractivity contribution in [2.24, 2.45) is 5.92 Å². The number of benzene rings is 1. The molecule has 2 atom stereocenters. The summed E-state index contributed by atoms with van der Waals surface area (Å²) in [6.07, 6.45) is 4.11. The Balaban J connectivity index is 1.41. The molecule has 1 aromatic rings. The van der Waals surface area contributed by atoms with Crippen LogP contribution in [0.2, 0.25) is 0 Å². The van der Waals surface area contributed by atoms with Crippen molar-refractivity contribution in [1.29, 1.82) is 0 Å². The molecule has 2 aliphatic heterocycles. The molecule has 0 aromatic heterocycles. The van der Waals surface area contributed by atoms with Gasteiger partial charge in [-0.2, -0.15) is 0 Å². The van der Waals surface area contributed by atoms with Gasteiger partial charge in [0.05, 0.1) is 0 Å². The Morgan fingerprint density at radius 2 is 2.14 bits per heavy atom. The van der Waals surface area contributed by atoms with E-state index in [9.17, 15) is 4.79 Å². The predicted octanol–water partition coefficient (Wildman–Crippen LogP) is 2.53. The van der Waals surface area contributed by atoms with E-state index in [-0.39, 0.29) is 5.91 Å². The largest absolute Gasteiger partial charge is 0.371 e. The normalized spacial score (nSPS) is 24.7. The number of hydrogen-bond acceptors (Lipinski definition) is 3. The third-order valence-electron chi connectivity index (χ3n) is 4.66. The van der Waals surface area contributed by atoms with Gasteiger partial charge < -0.3 is 15.5 Å². The number of halogens is 1. The van der Waals surface area contributed by atoms with Crippen LogP contribution in [0.5, 0.6) is 0 Å². The van der Waals surface area contributed by atoms with E-state index in [1.54, 1.807) is 0 Å². The van der Waals surface area contributed by atoms with Crippen molar-refractivity contribution < 1.29 is 4.79 Å². The van der Waals surface area contributed by atoms with E-state index in [4.69, 9.17) is 0 Å². The number of nitrogens with zero attached hydrogens (tertiary/aromatic N) is 1. The highest BCUT2D eigenvalue weighted by Crippen LogP contribution is 2.25. The number of carbonyl (C=O) groups is 1. The molecule has 1 aromatic carbocycles. The van der Waals surface area contributed by atoms with Gasteiger partial charge in [0.2, 0.25) is 5.91 Å². The maximum absolute atomic E-state index is 12.0. The number of anilines is 1. The zero-order valence-electron chi connectivity index (χ0n) is 12.9. The van der Waals surface area contributed by atoms with Gasteiger partial charge in [-0.15, -0.1) is 0 Å². The number of amides is 1. The quantitative estimate of drug-likeness (QED) is 0.842. The average Bonchev–Trinajstić information content (AvgIpc) is 3.17. The highest BCUT2D eigenvalue weighted by atomic mass is 79.9. The van der Waals surface area contributed by atoms with E-state index in [1.807, 2.05) is 0 Å². The number of carbonyl (C=O) groups excluding carboxylic acids is 1. The van der Waals surface area contributed by atoms with Crippen LogP contribution in [0.25, 0.3) is 0 Å². The predicted molar refractivity (Wildman–Crippen MR) is 93.1 cm³/mol. The first-order valence-corrected chi connectivity index (χ1v) is 9.00. The minimum Gasteiger partial charge on any atom is -0.371 e. The first-order valence-electron chi connectivity index (χ1n) is 8.21. The molecule has 2 heterocycles. The van der Waals surface area contributed by atoms with Crippen LogP contribution >= 0.6 is 15.9 Å². The summed E-state index contributed by atoms with van der Waals surface area (Å²) < 4.78 is 1.11. The van der Waals surface area contributed by atoms with E-state index in [2.05, 4.69) is 55.7 Å². The third-order valence-corrected chi connectivity index (χ3v) is 5.19. The van der Waals surface area contributed by atoms with Crippen LogP contribution in [0.4, 0.5) is 5.69 Å². The smallest absolute Gasteiger partial charge is 0.221 e. The van der Waals surface area contributed by atoms with Crippen LogP contribution in [0.1, 0.15) is 25.7 Å². The molecule has 0 radical (unpaired) electrons. The molecule has 2 aliphatic rings. The van der Waals surface area contributed by atoms with E-state index >= 15 is 0 Å². The lowest BCUT2D eigenvalue weighted by Crippen LogP contribution is -2.35. The second kappa shape index (κ2) is 7.47. The lowest BCUT2D eigenvalue weighted by Gasteiger charge is -2.19. The van der Waals surface area contributed by atoms with Crippen molar-refractivity contribution in [3.63, 3.8) is 0 Å². The molecule has 0 bridgehead atoms. The molecule has 2 saturated heterocycles. The van der Waals surface area contributed by atoms with Crippen molar-refractivity contribution in [3.05, 3.63) is 28.7 Å². The molecule has 2 N–H and O–H groups in total. The monoisotopic (exact) mass is 365 g/mol. The summed E-state index contributed by atoms with van der Waals surface area (Å²) in [7, 11) is 0. The van der Waals surface area contributed by atoms with Gasteiger partial charge in [0.15, 0.2) is 0 Å². The number of nitrogens with one attached hydrogen (secondary N) is 2. The molecule has 3 rings (SSSR count). The van der Waals surface area contributed by atoms with Crippen molar-refractivity contribution in [1.82, 2.24) is 10.6 Å². The van der Waals surface area contributed by atoms with Gasteiger partial charge in [-0.3, -0.25) is 4.79 Å². The van der Waals surface area contributed by atoms with Gasteiger partial charge in [0, 0.05) is 42.3 Å². The van der Waals surface area contributed by atoms with E-state index in [0.29, 0.717) is 18.4 Å².